The lowest BCUT2D eigenvalue weighted by Crippen LogP contribution is -2.38. The Balaban J connectivity index is 2.23. The largest absolute Gasteiger partial charge is 0.349 e. The zero-order chi connectivity index (χ0) is 14.2. The van der Waals surface area contributed by atoms with Gasteiger partial charge in [-0.1, -0.05) is 27.7 Å². The van der Waals surface area contributed by atoms with Crippen molar-refractivity contribution in [2.75, 3.05) is 0 Å². The van der Waals surface area contributed by atoms with Crippen LogP contribution in [0.15, 0.2) is 6.20 Å². The molecule has 0 fully saturated rings. The molecule has 1 aromatic heterocycles. The highest BCUT2D eigenvalue weighted by atomic mass is 16.1. The molecule has 1 heterocycles. The first-order chi connectivity index (χ1) is 8.84. The molecule has 0 radical (unpaired) electrons. The molecule has 0 saturated heterocycles. The van der Waals surface area contributed by atoms with E-state index in [1.165, 1.54) is 11.3 Å². The van der Waals surface area contributed by atoms with Crippen LogP contribution in [0.3, 0.4) is 0 Å². The number of rotatable bonds is 3. The van der Waals surface area contributed by atoms with E-state index in [0.717, 1.165) is 19.3 Å². The third-order valence-corrected chi connectivity index (χ3v) is 4.25. The maximum Gasteiger partial charge on any atom is 0.223 e. The molecule has 0 aliphatic heterocycles. The molecule has 0 unspecified atom stereocenters. The first kappa shape index (κ1) is 14.1. The number of hydrogen-bond donors (Lipinski definition) is 1. The number of aryl methyl sites for hydroxylation is 1. The van der Waals surface area contributed by atoms with E-state index in [-0.39, 0.29) is 23.3 Å². The van der Waals surface area contributed by atoms with Crippen LogP contribution in [0.2, 0.25) is 0 Å². The third kappa shape index (κ3) is 2.82. The zero-order valence-electron chi connectivity index (χ0n) is 12.7. The summed E-state index contributed by atoms with van der Waals surface area (Å²) in [5.74, 6) is 0.227. The van der Waals surface area contributed by atoms with Crippen molar-refractivity contribution in [3.05, 3.63) is 17.5 Å². The van der Waals surface area contributed by atoms with Crippen molar-refractivity contribution in [1.82, 2.24) is 15.1 Å². The summed E-state index contributed by atoms with van der Waals surface area (Å²) in [5.41, 5.74) is 2.65. The maximum absolute atomic E-state index is 12.1. The zero-order valence-corrected chi connectivity index (χ0v) is 12.7. The Kier molecular flexibility index (Phi) is 3.70. The smallest absolute Gasteiger partial charge is 0.223 e. The average Bonchev–Trinajstić information content (AvgIpc) is 2.68. The van der Waals surface area contributed by atoms with Crippen molar-refractivity contribution in [3.8, 4) is 0 Å². The molecule has 1 amide bonds. The first-order valence-corrected chi connectivity index (χ1v) is 7.15. The second kappa shape index (κ2) is 4.99. The van der Waals surface area contributed by atoms with E-state index in [9.17, 15) is 4.79 Å². The molecular weight excluding hydrogens is 238 g/mol. The Bertz CT molecular complexity index is 476. The number of nitrogens with zero attached hydrogens (tertiary/aromatic N) is 2. The minimum Gasteiger partial charge on any atom is -0.349 e. The highest BCUT2D eigenvalue weighted by Crippen LogP contribution is 2.40. The topological polar surface area (TPSA) is 46.9 Å². The quantitative estimate of drug-likeness (QED) is 0.911. The van der Waals surface area contributed by atoms with E-state index in [1.807, 2.05) is 31.8 Å². The van der Waals surface area contributed by atoms with Gasteiger partial charge in [-0.3, -0.25) is 9.48 Å². The molecule has 1 N–H and O–H groups in total. The van der Waals surface area contributed by atoms with Gasteiger partial charge in [0.2, 0.25) is 5.91 Å². The minimum atomic E-state index is 0.0742. The van der Waals surface area contributed by atoms with Gasteiger partial charge in [0.05, 0.1) is 12.2 Å². The van der Waals surface area contributed by atoms with Crippen LogP contribution in [-0.2, 0) is 18.3 Å². The van der Waals surface area contributed by atoms with E-state index in [0.29, 0.717) is 0 Å². The van der Waals surface area contributed by atoms with Crippen LogP contribution in [0.25, 0.3) is 0 Å². The van der Waals surface area contributed by atoms with Crippen LogP contribution < -0.4 is 5.32 Å². The molecule has 1 aromatic rings. The summed E-state index contributed by atoms with van der Waals surface area (Å²) in [7, 11) is 1.98. The molecule has 19 heavy (non-hydrogen) atoms. The van der Waals surface area contributed by atoms with Crippen molar-refractivity contribution in [1.29, 1.82) is 0 Å². The Morgan fingerprint density at radius 2 is 2.32 bits per heavy atom. The number of amides is 1. The van der Waals surface area contributed by atoms with Crippen molar-refractivity contribution >= 4 is 5.91 Å². The number of carbonyl (C=O) groups is 1. The summed E-state index contributed by atoms with van der Waals surface area (Å²) in [5, 5.41) is 7.55. The molecule has 4 heteroatoms. The van der Waals surface area contributed by atoms with Crippen molar-refractivity contribution in [3.63, 3.8) is 0 Å². The third-order valence-electron chi connectivity index (χ3n) is 4.25. The van der Waals surface area contributed by atoms with Gasteiger partial charge in [0.15, 0.2) is 0 Å². The standard InChI is InChI=1S/C15H25N3O/c1-6-10(2)14(19)17-12-7-15(3,4)8-13-11(12)9-16-18(13)5/h9-10,12H,6-8H2,1-5H3,(H,17,19)/t10-,12+/m1/s1. The van der Waals surface area contributed by atoms with Gasteiger partial charge < -0.3 is 5.32 Å². The van der Waals surface area contributed by atoms with Gasteiger partial charge in [-0.2, -0.15) is 5.10 Å². The van der Waals surface area contributed by atoms with E-state index in [1.54, 1.807) is 0 Å². The Hall–Kier alpha value is -1.32. The fourth-order valence-electron chi connectivity index (χ4n) is 2.80. The van der Waals surface area contributed by atoms with E-state index >= 15 is 0 Å². The van der Waals surface area contributed by atoms with Crippen LogP contribution in [-0.4, -0.2) is 15.7 Å². The summed E-state index contributed by atoms with van der Waals surface area (Å²) >= 11 is 0. The van der Waals surface area contributed by atoms with Crippen molar-refractivity contribution in [2.45, 2.75) is 53.0 Å². The molecular formula is C15H25N3O. The SMILES string of the molecule is CC[C@@H](C)C(=O)N[C@H]1CC(C)(C)Cc2c1cnn2C. The molecule has 4 nitrogen and oxygen atoms in total. The maximum atomic E-state index is 12.1. The van der Waals surface area contributed by atoms with Gasteiger partial charge >= 0.3 is 0 Å². The molecule has 2 rings (SSSR count). The summed E-state index contributed by atoms with van der Waals surface area (Å²) in [4.78, 5) is 12.1. The van der Waals surface area contributed by atoms with Crippen LogP contribution in [0, 0.1) is 11.3 Å². The number of nitrogens with one attached hydrogen (secondary N) is 1. The van der Waals surface area contributed by atoms with Gasteiger partial charge in [0.25, 0.3) is 0 Å². The Labute approximate surface area is 115 Å². The van der Waals surface area contributed by atoms with Gasteiger partial charge in [-0.05, 0) is 24.7 Å². The lowest BCUT2D eigenvalue weighted by atomic mass is 9.74. The number of fused-ring (bicyclic) bond motifs is 1. The molecule has 106 valence electrons. The summed E-state index contributed by atoms with van der Waals surface area (Å²) in [6, 6.07) is 0.106. The minimum absolute atomic E-state index is 0.0742. The molecule has 2 atom stereocenters. The molecule has 0 aromatic carbocycles. The van der Waals surface area contributed by atoms with Crippen LogP contribution in [0.5, 0.6) is 0 Å². The monoisotopic (exact) mass is 263 g/mol. The van der Waals surface area contributed by atoms with Gasteiger partial charge in [-0.25, -0.2) is 0 Å². The molecule has 0 bridgehead atoms. The van der Waals surface area contributed by atoms with Crippen LogP contribution in [0.1, 0.15) is 57.8 Å². The highest BCUT2D eigenvalue weighted by Gasteiger charge is 2.35. The Morgan fingerprint density at radius 3 is 2.95 bits per heavy atom. The molecule has 0 spiro atoms. The Morgan fingerprint density at radius 1 is 1.63 bits per heavy atom. The number of aromatic nitrogens is 2. The normalized spacial score (nSPS) is 22.7. The first-order valence-electron chi connectivity index (χ1n) is 7.15. The highest BCUT2D eigenvalue weighted by molar-refractivity contribution is 5.78. The number of carbonyl (C=O) groups excluding carboxylic acids is 1. The second-order valence-electron chi connectivity index (χ2n) is 6.59. The van der Waals surface area contributed by atoms with Crippen molar-refractivity contribution in [2.24, 2.45) is 18.4 Å². The number of hydrogen-bond acceptors (Lipinski definition) is 2. The second-order valence-corrected chi connectivity index (χ2v) is 6.59. The van der Waals surface area contributed by atoms with Crippen LogP contribution in [0.4, 0.5) is 0 Å². The fraction of sp³-hybridized carbons (Fsp3) is 0.733. The predicted molar refractivity (Wildman–Crippen MR) is 75.6 cm³/mol. The molecule has 1 aliphatic rings. The summed E-state index contributed by atoms with van der Waals surface area (Å²) in [6.45, 7) is 8.54. The van der Waals surface area contributed by atoms with Gasteiger partial charge in [0.1, 0.15) is 0 Å². The van der Waals surface area contributed by atoms with E-state index in [4.69, 9.17) is 0 Å². The van der Waals surface area contributed by atoms with Gasteiger partial charge in [0, 0.05) is 24.2 Å². The van der Waals surface area contributed by atoms with E-state index < -0.39 is 0 Å². The van der Waals surface area contributed by atoms with Crippen LogP contribution >= 0.6 is 0 Å². The molecule has 0 saturated carbocycles. The lowest BCUT2D eigenvalue weighted by Gasteiger charge is -2.36. The fourth-order valence-corrected chi connectivity index (χ4v) is 2.80. The molecule has 1 aliphatic carbocycles. The summed E-state index contributed by atoms with van der Waals surface area (Å²) in [6.07, 6.45) is 4.79. The van der Waals surface area contributed by atoms with Gasteiger partial charge in [-0.15, -0.1) is 0 Å². The average molecular weight is 263 g/mol. The van der Waals surface area contributed by atoms with Crippen molar-refractivity contribution < 1.29 is 4.79 Å². The summed E-state index contributed by atoms with van der Waals surface area (Å²) < 4.78 is 1.94. The lowest BCUT2D eigenvalue weighted by molar-refractivity contribution is -0.125. The predicted octanol–water partition coefficient (Wildman–Crippen LogP) is 2.60. The van der Waals surface area contributed by atoms with E-state index in [2.05, 4.69) is 24.3 Å².